The van der Waals surface area contributed by atoms with E-state index in [0.717, 1.165) is 30.4 Å². The molecule has 0 aliphatic heterocycles. The third kappa shape index (κ3) is 5.18. The van der Waals surface area contributed by atoms with Crippen molar-refractivity contribution in [2.75, 3.05) is 0 Å². The van der Waals surface area contributed by atoms with Crippen molar-refractivity contribution in [3.05, 3.63) is 125 Å². The molecule has 33 heavy (non-hydrogen) atoms. The molecule has 1 atom stereocenters. The zero-order valence-corrected chi connectivity index (χ0v) is 19.6. The molecule has 0 fully saturated rings. The third-order valence-electron chi connectivity index (χ3n) is 6.17. The van der Waals surface area contributed by atoms with Crippen LogP contribution in [0.25, 0.3) is 0 Å². The van der Waals surface area contributed by atoms with Crippen LogP contribution in [0.15, 0.2) is 91.5 Å². The van der Waals surface area contributed by atoms with Gasteiger partial charge in [-0.15, -0.1) is 0 Å². The summed E-state index contributed by atoms with van der Waals surface area (Å²) in [6.45, 7) is 2.71. The fraction of sp³-hybridized carbons (Fsp3) is 0.250. The van der Waals surface area contributed by atoms with Gasteiger partial charge in [-0.3, -0.25) is 5.32 Å². The molecular weight excluding hydrogens is 433 g/mol. The Morgan fingerprint density at radius 3 is 2.52 bits per heavy atom. The predicted octanol–water partition coefficient (Wildman–Crippen LogP) is 6.75. The summed E-state index contributed by atoms with van der Waals surface area (Å²) in [6, 6.07) is 23.6. The van der Waals surface area contributed by atoms with E-state index in [-0.39, 0.29) is 5.82 Å². The number of benzene rings is 3. The Kier molecular flexibility index (Phi) is 7.58. The van der Waals surface area contributed by atoms with Crippen LogP contribution in [0.5, 0.6) is 0 Å². The van der Waals surface area contributed by atoms with Gasteiger partial charge >= 0.3 is 0 Å². The van der Waals surface area contributed by atoms with Crippen molar-refractivity contribution < 1.29 is 4.39 Å². The van der Waals surface area contributed by atoms with E-state index in [1.54, 1.807) is 24.7 Å². The molecule has 0 radical (unpaired) electrons. The number of unbranched alkanes of at least 4 members (excludes halogenated alkanes) is 1. The molecule has 1 aromatic heterocycles. The average Bonchev–Trinajstić information content (AvgIpc) is 3.37. The van der Waals surface area contributed by atoms with Gasteiger partial charge in [-0.25, -0.2) is 9.37 Å². The minimum absolute atomic E-state index is 0.293. The van der Waals surface area contributed by atoms with Crippen molar-refractivity contribution >= 4 is 11.6 Å². The van der Waals surface area contributed by atoms with Gasteiger partial charge in [-0.1, -0.05) is 85.6 Å². The van der Waals surface area contributed by atoms with Gasteiger partial charge in [0.2, 0.25) is 0 Å². The number of nitrogens with zero attached hydrogens (tertiary/aromatic N) is 2. The lowest BCUT2D eigenvalue weighted by Gasteiger charge is -2.38. The van der Waals surface area contributed by atoms with Crippen molar-refractivity contribution in [1.82, 2.24) is 14.9 Å². The summed E-state index contributed by atoms with van der Waals surface area (Å²) in [5, 5.41) is 4.22. The first-order valence-electron chi connectivity index (χ1n) is 11.4. The van der Waals surface area contributed by atoms with E-state index in [9.17, 15) is 0 Å². The Morgan fingerprint density at radius 1 is 1.00 bits per heavy atom. The van der Waals surface area contributed by atoms with Gasteiger partial charge in [0.1, 0.15) is 5.82 Å². The molecule has 0 saturated heterocycles. The molecule has 1 unspecified atom stereocenters. The second kappa shape index (κ2) is 10.8. The Bertz CT molecular complexity index is 1140. The van der Waals surface area contributed by atoms with Crippen molar-refractivity contribution in [3.8, 4) is 0 Å². The van der Waals surface area contributed by atoms with Crippen LogP contribution in [0, 0.1) is 5.82 Å². The fourth-order valence-corrected chi connectivity index (χ4v) is 4.66. The molecule has 4 aromatic rings. The molecule has 3 aromatic carbocycles. The number of hydrogen-bond acceptors (Lipinski definition) is 2. The first-order chi connectivity index (χ1) is 16.1. The molecule has 0 saturated carbocycles. The van der Waals surface area contributed by atoms with Gasteiger partial charge in [-0.05, 0) is 41.7 Å². The lowest BCUT2D eigenvalue weighted by molar-refractivity contribution is 0.349. The van der Waals surface area contributed by atoms with E-state index in [0.29, 0.717) is 23.7 Å². The van der Waals surface area contributed by atoms with E-state index in [1.807, 2.05) is 29.0 Å². The van der Waals surface area contributed by atoms with E-state index >= 15 is 4.39 Å². The lowest BCUT2D eigenvalue weighted by atomic mass is 9.75. The van der Waals surface area contributed by atoms with Crippen LogP contribution >= 0.6 is 11.6 Å². The summed E-state index contributed by atoms with van der Waals surface area (Å²) in [7, 11) is 0. The highest BCUT2D eigenvalue weighted by Gasteiger charge is 2.37. The normalized spacial score (nSPS) is 13.1. The number of aryl methyl sites for hydroxylation is 1. The topological polar surface area (TPSA) is 29.9 Å². The van der Waals surface area contributed by atoms with Gasteiger partial charge in [0.15, 0.2) is 0 Å². The van der Waals surface area contributed by atoms with Crippen molar-refractivity contribution in [3.63, 3.8) is 0 Å². The molecule has 0 spiro atoms. The van der Waals surface area contributed by atoms with E-state index in [1.165, 1.54) is 11.6 Å². The fourth-order valence-electron chi connectivity index (χ4n) is 4.43. The second-order valence-corrected chi connectivity index (χ2v) is 8.73. The average molecular weight is 462 g/mol. The zero-order valence-electron chi connectivity index (χ0n) is 18.8. The van der Waals surface area contributed by atoms with Crippen molar-refractivity contribution in [2.24, 2.45) is 0 Å². The van der Waals surface area contributed by atoms with Crippen LogP contribution < -0.4 is 5.32 Å². The first-order valence-corrected chi connectivity index (χ1v) is 11.8. The first kappa shape index (κ1) is 23.2. The van der Waals surface area contributed by atoms with Crippen LogP contribution in [0.4, 0.5) is 4.39 Å². The van der Waals surface area contributed by atoms with E-state index < -0.39 is 5.54 Å². The highest BCUT2D eigenvalue weighted by Crippen LogP contribution is 2.38. The van der Waals surface area contributed by atoms with E-state index in [2.05, 4.69) is 53.6 Å². The van der Waals surface area contributed by atoms with Gasteiger partial charge < -0.3 is 4.57 Å². The number of aromatic nitrogens is 2. The molecule has 0 aliphatic carbocycles. The highest BCUT2D eigenvalue weighted by molar-refractivity contribution is 6.31. The predicted molar refractivity (Wildman–Crippen MR) is 133 cm³/mol. The molecule has 1 N–H and O–H groups in total. The molecule has 3 nitrogen and oxygen atoms in total. The standard InChI is InChI=1S/C28H29ClFN3/c1-2-3-10-22-11-7-8-14-25(22)28(23-12-5-4-6-13-23,32-21-33-18-17-31-20-33)19-24-26(29)15-9-16-27(24)30/h4-9,11-18,20,32H,2-3,10,19,21H2,1H3. The molecule has 0 amide bonds. The Morgan fingerprint density at radius 2 is 1.79 bits per heavy atom. The smallest absolute Gasteiger partial charge is 0.127 e. The number of nitrogens with one attached hydrogen (secondary N) is 1. The molecule has 170 valence electrons. The van der Waals surface area contributed by atoms with Gasteiger partial charge in [0.25, 0.3) is 0 Å². The molecule has 0 bridgehead atoms. The quantitative estimate of drug-likeness (QED) is 0.283. The Labute approximate surface area is 200 Å². The minimum atomic E-state index is -0.693. The summed E-state index contributed by atoms with van der Waals surface area (Å²) >= 11 is 6.55. The van der Waals surface area contributed by atoms with Gasteiger partial charge in [0.05, 0.1) is 18.5 Å². The van der Waals surface area contributed by atoms with Crippen LogP contribution in [-0.4, -0.2) is 9.55 Å². The largest absolute Gasteiger partial charge is 0.324 e. The summed E-state index contributed by atoms with van der Waals surface area (Å²) in [5.74, 6) is -0.293. The number of halogens is 2. The van der Waals surface area contributed by atoms with Gasteiger partial charge in [0, 0.05) is 29.4 Å². The summed E-state index contributed by atoms with van der Waals surface area (Å²) in [4.78, 5) is 4.18. The molecular formula is C28H29ClFN3. The van der Waals surface area contributed by atoms with Crippen LogP contribution in [-0.2, 0) is 25.0 Å². The maximum absolute atomic E-state index is 15.1. The summed E-state index contributed by atoms with van der Waals surface area (Å²) in [6.07, 6.45) is 8.98. The number of imidazole rings is 1. The molecule has 0 aliphatic rings. The second-order valence-electron chi connectivity index (χ2n) is 8.32. The van der Waals surface area contributed by atoms with Crippen molar-refractivity contribution in [1.29, 1.82) is 0 Å². The highest BCUT2D eigenvalue weighted by atomic mass is 35.5. The van der Waals surface area contributed by atoms with Crippen LogP contribution in [0.2, 0.25) is 5.02 Å². The SMILES string of the molecule is CCCCc1ccccc1C(Cc1c(F)cccc1Cl)(NCn1ccnc1)c1ccccc1. The summed E-state index contributed by atoms with van der Waals surface area (Å²) < 4.78 is 17.1. The minimum Gasteiger partial charge on any atom is -0.324 e. The Balaban J connectivity index is 1.92. The number of rotatable bonds is 10. The molecule has 5 heteroatoms. The third-order valence-corrected chi connectivity index (χ3v) is 6.52. The monoisotopic (exact) mass is 461 g/mol. The lowest BCUT2D eigenvalue weighted by Crippen LogP contribution is -2.47. The number of hydrogen-bond donors (Lipinski definition) is 1. The maximum atomic E-state index is 15.1. The van der Waals surface area contributed by atoms with Gasteiger partial charge in [-0.2, -0.15) is 0 Å². The molecule has 4 rings (SSSR count). The van der Waals surface area contributed by atoms with Crippen LogP contribution in [0.1, 0.15) is 42.0 Å². The Hall–Kier alpha value is -2.95. The summed E-state index contributed by atoms with van der Waals surface area (Å²) in [5.41, 5.74) is 3.28. The van der Waals surface area contributed by atoms with E-state index in [4.69, 9.17) is 11.6 Å². The van der Waals surface area contributed by atoms with Crippen LogP contribution in [0.3, 0.4) is 0 Å². The van der Waals surface area contributed by atoms with Crippen molar-refractivity contribution in [2.45, 2.75) is 44.8 Å². The maximum Gasteiger partial charge on any atom is 0.127 e. The zero-order chi connectivity index (χ0) is 23.1. The molecule has 1 heterocycles.